The molecule has 1 saturated heterocycles. The Balaban J connectivity index is 1.48. The van der Waals surface area contributed by atoms with E-state index < -0.39 is 6.03 Å². The van der Waals surface area contributed by atoms with Crippen LogP contribution >= 0.6 is 0 Å². The first-order valence-electron chi connectivity index (χ1n) is 13.3. The molecule has 10 nitrogen and oxygen atoms in total. The van der Waals surface area contributed by atoms with Crippen LogP contribution in [-0.2, 0) is 4.74 Å². The van der Waals surface area contributed by atoms with Gasteiger partial charge >= 0.3 is 6.03 Å². The Morgan fingerprint density at radius 1 is 0.775 bits per heavy atom. The summed E-state index contributed by atoms with van der Waals surface area (Å²) in [5, 5.41) is 8.62. The van der Waals surface area contributed by atoms with Gasteiger partial charge in [0.1, 0.15) is 11.5 Å². The lowest BCUT2D eigenvalue weighted by Crippen LogP contribution is -2.47. The van der Waals surface area contributed by atoms with Crippen molar-refractivity contribution in [3.63, 3.8) is 0 Å². The number of methoxy groups -OCH3 is 3. The second-order valence-electron chi connectivity index (χ2n) is 9.29. The highest BCUT2D eigenvalue weighted by molar-refractivity contribution is 6.04. The minimum Gasteiger partial charge on any atom is -0.497 e. The van der Waals surface area contributed by atoms with Gasteiger partial charge in [-0.3, -0.25) is 4.79 Å². The molecule has 0 aliphatic carbocycles. The molecule has 1 aliphatic rings. The summed E-state index contributed by atoms with van der Waals surface area (Å²) in [6.07, 6.45) is 0.706. The summed E-state index contributed by atoms with van der Waals surface area (Å²) in [6, 6.07) is 20.1. The fourth-order valence-electron chi connectivity index (χ4n) is 4.63. The molecule has 10 heteroatoms. The lowest BCUT2D eigenvalue weighted by molar-refractivity contribution is 0.0949. The molecule has 0 aromatic heterocycles. The molecule has 3 aromatic carbocycles. The van der Waals surface area contributed by atoms with Crippen LogP contribution in [0.4, 0.5) is 27.5 Å². The second-order valence-corrected chi connectivity index (χ2v) is 9.29. The average molecular weight is 548 g/mol. The van der Waals surface area contributed by atoms with E-state index in [1.807, 2.05) is 30.3 Å². The van der Waals surface area contributed by atoms with Gasteiger partial charge in [-0.15, -0.1) is 0 Å². The van der Waals surface area contributed by atoms with Crippen molar-refractivity contribution in [3.8, 4) is 11.5 Å². The topological polar surface area (TPSA) is 104 Å². The molecule has 212 valence electrons. The zero-order valence-corrected chi connectivity index (χ0v) is 23.2. The Hall–Kier alpha value is -4.44. The molecular formula is C30H37N5O5. The SMILES string of the molecule is COCCCNC(=O)c1cc(NC(=O)Nc2ccc(OC)cc2)ccc1N1CCN(c2ccccc2OC)CC1. The maximum atomic E-state index is 13.3. The average Bonchev–Trinajstić information content (AvgIpc) is 2.99. The van der Waals surface area contributed by atoms with Gasteiger partial charge in [-0.2, -0.15) is 0 Å². The van der Waals surface area contributed by atoms with Crippen molar-refractivity contribution in [2.45, 2.75) is 6.42 Å². The van der Waals surface area contributed by atoms with Crippen molar-refractivity contribution in [3.05, 3.63) is 72.3 Å². The first-order valence-corrected chi connectivity index (χ1v) is 13.3. The van der Waals surface area contributed by atoms with E-state index in [-0.39, 0.29) is 5.91 Å². The summed E-state index contributed by atoms with van der Waals surface area (Å²) >= 11 is 0. The molecule has 0 radical (unpaired) electrons. The zero-order valence-electron chi connectivity index (χ0n) is 23.2. The van der Waals surface area contributed by atoms with Gasteiger partial charge in [0.2, 0.25) is 0 Å². The maximum absolute atomic E-state index is 13.3. The molecule has 3 amide bonds. The van der Waals surface area contributed by atoms with Crippen molar-refractivity contribution in [1.29, 1.82) is 0 Å². The number of ether oxygens (including phenoxy) is 3. The van der Waals surface area contributed by atoms with Crippen LogP contribution in [0.25, 0.3) is 0 Å². The van der Waals surface area contributed by atoms with E-state index in [0.717, 1.165) is 43.3 Å². The van der Waals surface area contributed by atoms with Crippen LogP contribution in [0.15, 0.2) is 66.7 Å². The third-order valence-electron chi connectivity index (χ3n) is 6.70. The van der Waals surface area contributed by atoms with Gasteiger partial charge in [0.15, 0.2) is 0 Å². The molecule has 4 rings (SSSR count). The monoisotopic (exact) mass is 547 g/mol. The fraction of sp³-hybridized carbons (Fsp3) is 0.333. The Bertz CT molecular complexity index is 1280. The number of carbonyl (C=O) groups excluding carboxylic acids is 2. The van der Waals surface area contributed by atoms with Gasteiger partial charge in [-0.1, -0.05) is 12.1 Å². The van der Waals surface area contributed by atoms with Crippen LogP contribution in [0.2, 0.25) is 0 Å². The third-order valence-corrected chi connectivity index (χ3v) is 6.70. The first-order chi connectivity index (χ1) is 19.5. The molecule has 0 atom stereocenters. The van der Waals surface area contributed by atoms with Crippen molar-refractivity contribution in [1.82, 2.24) is 5.32 Å². The summed E-state index contributed by atoms with van der Waals surface area (Å²) in [4.78, 5) is 30.5. The summed E-state index contributed by atoms with van der Waals surface area (Å²) in [5.74, 6) is 1.35. The van der Waals surface area contributed by atoms with Gasteiger partial charge in [-0.25, -0.2) is 4.79 Å². The molecule has 3 N–H and O–H groups in total. The molecule has 1 heterocycles. The number of hydrogen-bond donors (Lipinski definition) is 3. The lowest BCUT2D eigenvalue weighted by Gasteiger charge is -2.38. The highest BCUT2D eigenvalue weighted by Gasteiger charge is 2.24. The number of nitrogens with one attached hydrogen (secondary N) is 3. The number of nitrogens with zero attached hydrogens (tertiary/aromatic N) is 2. The van der Waals surface area contributed by atoms with Crippen LogP contribution in [0, 0.1) is 0 Å². The van der Waals surface area contributed by atoms with Gasteiger partial charge in [-0.05, 0) is 61.0 Å². The number of piperazine rings is 1. The zero-order chi connectivity index (χ0) is 28.3. The number of benzene rings is 3. The summed E-state index contributed by atoms with van der Waals surface area (Å²) in [7, 11) is 4.90. The van der Waals surface area contributed by atoms with E-state index in [4.69, 9.17) is 14.2 Å². The summed E-state index contributed by atoms with van der Waals surface area (Å²) in [6.45, 7) is 4.06. The Labute approximate surface area is 235 Å². The predicted molar refractivity (Wildman–Crippen MR) is 158 cm³/mol. The lowest BCUT2D eigenvalue weighted by atomic mass is 10.1. The number of hydrogen-bond acceptors (Lipinski definition) is 7. The smallest absolute Gasteiger partial charge is 0.323 e. The van der Waals surface area contributed by atoms with E-state index in [1.165, 1.54) is 0 Å². The number of para-hydroxylation sites is 2. The standard InChI is InChI=1S/C30H37N5O5/c1-38-20-6-15-31-29(36)25-21-23(33-30(37)32-22-9-12-24(39-2)13-10-22)11-14-26(25)34-16-18-35(19-17-34)27-7-4-5-8-28(27)40-3/h4-5,7-14,21H,6,15-20H2,1-3H3,(H,31,36)(H2,32,33,37). The van der Waals surface area contributed by atoms with E-state index in [2.05, 4.69) is 31.8 Å². The van der Waals surface area contributed by atoms with Gasteiger partial charge in [0.25, 0.3) is 5.91 Å². The van der Waals surface area contributed by atoms with Crippen molar-refractivity contribution in [2.24, 2.45) is 0 Å². The number of urea groups is 1. The molecule has 0 bridgehead atoms. The van der Waals surface area contributed by atoms with Gasteiger partial charge in [0, 0.05) is 63.5 Å². The Kier molecular flexibility index (Phi) is 10.1. The van der Waals surface area contributed by atoms with Gasteiger partial charge < -0.3 is 40.0 Å². The Morgan fingerprint density at radius 3 is 2.10 bits per heavy atom. The summed E-state index contributed by atoms with van der Waals surface area (Å²) < 4.78 is 15.8. The predicted octanol–water partition coefficient (Wildman–Crippen LogP) is 4.44. The molecule has 40 heavy (non-hydrogen) atoms. The van der Waals surface area contributed by atoms with E-state index in [1.54, 1.807) is 51.7 Å². The number of rotatable bonds is 11. The second kappa shape index (κ2) is 14.1. The largest absolute Gasteiger partial charge is 0.497 e. The van der Waals surface area contributed by atoms with Crippen LogP contribution in [0.5, 0.6) is 11.5 Å². The van der Waals surface area contributed by atoms with Crippen LogP contribution in [-0.4, -0.2) is 72.6 Å². The molecule has 0 spiro atoms. The number of amides is 3. The maximum Gasteiger partial charge on any atom is 0.323 e. The van der Waals surface area contributed by atoms with E-state index >= 15 is 0 Å². The third kappa shape index (κ3) is 7.35. The number of anilines is 4. The Morgan fingerprint density at radius 2 is 1.43 bits per heavy atom. The van der Waals surface area contributed by atoms with Crippen LogP contribution in [0.1, 0.15) is 16.8 Å². The minimum atomic E-state index is -0.408. The van der Waals surface area contributed by atoms with Crippen molar-refractivity contribution >= 4 is 34.7 Å². The minimum absolute atomic E-state index is 0.197. The molecule has 0 saturated carbocycles. The molecule has 0 unspecified atom stereocenters. The highest BCUT2D eigenvalue weighted by Crippen LogP contribution is 2.31. The molecule has 3 aromatic rings. The molecule has 1 fully saturated rings. The quantitative estimate of drug-likeness (QED) is 0.305. The normalized spacial score (nSPS) is 13.0. The highest BCUT2D eigenvalue weighted by atomic mass is 16.5. The number of carbonyl (C=O) groups is 2. The van der Waals surface area contributed by atoms with E-state index in [0.29, 0.717) is 42.3 Å². The van der Waals surface area contributed by atoms with Gasteiger partial charge in [0.05, 0.1) is 25.5 Å². The molecular weight excluding hydrogens is 510 g/mol. The first kappa shape index (κ1) is 28.6. The van der Waals surface area contributed by atoms with Crippen molar-refractivity contribution < 1.29 is 23.8 Å². The van der Waals surface area contributed by atoms with Crippen LogP contribution in [0.3, 0.4) is 0 Å². The molecule has 1 aliphatic heterocycles. The van der Waals surface area contributed by atoms with Crippen LogP contribution < -0.4 is 35.2 Å². The fourth-order valence-corrected chi connectivity index (χ4v) is 4.63. The summed E-state index contributed by atoms with van der Waals surface area (Å²) in [5.41, 5.74) is 3.53. The van der Waals surface area contributed by atoms with E-state index in [9.17, 15) is 9.59 Å². The van der Waals surface area contributed by atoms with Crippen molar-refractivity contribution in [2.75, 3.05) is 81.1 Å².